The number of nitrogens with one attached hydrogen (secondary N) is 1. The summed E-state index contributed by atoms with van der Waals surface area (Å²) in [6.07, 6.45) is 2.97. The van der Waals surface area contributed by atoms with Gasteiger partial charge in [0.15, 0.2) is 0 Å². The number of amides is 1. The Hall–Kier alpha value is -3.26. The number of furan rings is 1. The number of rotatable bonds is 5. The predicted molar refractivity (Wildman–Crippen MR) is 104 cm³/mol. The molecule has 0 radical (unpaired) electrons. The highest BCUT2D eigenvalue weighted by molar-refractivity contribution is 7.20. The van der Waals surface area contributed by atoms with Gasteiger partial charge in [-0.1, -0.05) is 12.1 Å². The molecule has 0 saturated heterocycles. The second kappa shape index (κ2) is 7.40. The van der Waals surface area contributed by atoms with Gasteiger partial charge in [-0.05, 0) is 42.3 Å². The summed E-state index contributed by atoms with van der Waals surface area (Å²) in [4.78, 5) is 30.7. The van der Waals surface area contributed by atoms with Crippen molar-refractivity contribution in [3.63, 3.8) is 0 Å². The molecule has 0 bridgehead atoms. The van der Waals surface area contributed by atoms with Crippen LogP contribution in [0.1, 0.15) is 26.6 Å². The second-order valence-corrected chi connectivity index (χ2v) is 7.30. The van der Waals surface area contributed by atoms with Gasteiger partial charge in [-0.25, -0.2) is 9.37 Å². The molecule has 0 aliphatic heterocycles. The van der Waals surface area contributed by atoms with Crippen molar-refractivity contribution in [1.82, 2.24) is 14.9 Å². The first-order valence-electron chi connectivity index (χ1n) is 8.56. The van der Waals surface area contributed by atoms with Crippen molar-refractivity contribution in [1.29, 1.82) is 0 Å². The van der Waals surface area contributed by atoms with Crippen LogP contribution in [0.25, 0.3) is 10.2 Å². The molecule has 6 nitrogen and oxygen atoms in total. The Kier molecular flexibility index (Phi) is 4.79. The molecule has 0 spiro atoms. The summed E-state index contributed by atoms with van der Waals surface area (Å²) >= 11 is 1.17. The van der Waals surface area contributed by atoms with E-state index in [1.165, 1.54) is 40.6 Å². The number of fused-ring (bicyclic) bond motifs is 1. The van der Waals surface area contributed by atoms with E-state index in [1.54, 1.807) is 31.2 Å². The van der Waals surface area contributed by atoms with Gasteiger partial charge < -0.3 is 9.73 Å². The van der Waals surface area contributed by atoms with Crippen LogP contribution in [0.3, 0.4) is 0 Å². The monoisotopic (exact) mass is 397 g/mol. The number of aromatic nitrogens is 2. The zero-order valence-electron chi connectivity index (χ0n) is 14.9. The van der Waals surface area contributed by atoms with Crippen molar-refractivity contribution in [3.8, 4) is 0 Å². The fourth-order valence-electron chi connectivity index (χ4n) is 2.98. The van der Waals surface area contributed by atoms with Crippen molar-refractivity contribution in [3.05, 3.63) is 86.9 Å². The first-order valence-corrected chi connectivity index (χ1v) is 9.38. The van der Waals surface area contributed by atoms with Crippen LogP contribution in [0.4, 0.5) is 4.39 Å². The molecule has 0 atom stereocenters. The van der Waals surface area contributed by atoms with Crippen molar-refractivity contribution >= 4 is 27.5 Å². The van der Waals surface area contributed by atoms with Crippen molar-refractivity contribution in [2.24, 2.45) is 0 Å². The molecule has 0 aliphatic rings. The molecule has 3 heterocycles. The average molecular weight is 397 g/mol. The van der Waals surface area contributed by atoms with Gasteiger partial charge in [-0.3, -0.25) is 14.2 Å². The van der Waals surface area contributed by atoms with Gasteiger partial charge in [0, 0.05) is 0 Å². The first-order chi connectivity index (χ1) is 13.5. The first kappa shape index (κ1) is 18.1. The normalized spacial score (nSPS) is 11.1. The van der Waals surface area contributed by atoms with E-state index in [2.05, 4.69) is 10.3 Å². The Morgan fingerprint density at radius 1 is 1.32 bits per heavy atom. The summed E-state index contributed by atoms with van der Waals surface area (Å²) in [5.41, 5.74) is 0.990. The minimum Gasteiger partial charge on any atom is -0.467 e. The molecule has 0 fully saturated rings. The topological polar surface area (TPSA) is 77.1 Å². The summed E-state index contributed by atoms with van der Waals surface area (Å²) in [7, 11) is 0. The summed E-state index contributed by atoms with van der Waals surface area (Å²) < 4.78 is 20.0. The zero-order valence-corrected chi connectivity index (χ0v) is 15.8. The minimum absolute atomic E-state index is 0.203. The van der Waals surface area contributed by atoms with Crippen molar-refractivity contribution in [2.75, 3.05) is 0 Å². The van der Waals surface area contributed by atoms with E-state index in [9.17, 15) is 14.0 Å². The van der Waals surface area contributed by atoms with E-state index in [-0.39, 0.29) is 30.4 Å². The summed E-state index contributed by atoms with van der Waals surface area (Å²) in [5, 5.41) is 3.19. The van der Waals surface area contributed by atoms with Gasteiger partial charge in [-0.2, -0.15) is 0 Å². The zero-order chi connectivity index (χ0) is 19.7. The number of aryl methyl sites for hydroxylation is 1. The van der Waals surface area contributed by atoms with Crippen LogP contribution in [-0.4, -0.2) is 15.5 Å². The van der Waals surface area contributed by atoms with Gasteiger partial charge in [0.05, 0.1) is 35.9 Å². The number of hydrogen-bond donors (Lipinski definition) is 1. The number of nitrogens with zero attached hydrogens (tertiary/aromatic N) is 2. The molecule has 0 aliphatic carbocycles. The summed E-state index contributed by atoms with van der Waals surface area (Å²) in [5.74, 6) is -0.00233. The highest BCUT2D eigenvalue weighted by Crippen LogP contribution is 2.26. The summed E-state index contributed by atoms with van der Waals surface area (Å²) in [6, 6.07) is 9.59. The fraction of sp³-hybridized carbons (Fsp3) is 0.150. The predicted octanol–water partition coefficient (Wildman–Crippen LogP) is 3.48. The minimum atomic E-state index is -0.359. The van der Waals surface area contributed by atoms with Crippen LogP contribution in [0.15, 0.2) is 58.2 Å². The lowest BCUT2D eigenvalue weighted by Crippen LogP contribution is -2.23. The average Bonchev–Trinajstić information content (AvgIpc) is 3.30. The van der Waals surface area contributed by atoms with E-state index < -0.39 is 0 Å². The second-order valence-electron chi connectivity index (χ2n) is 6.31. The van der Waals surface area contributed by atoms with Crippen LogP contribution < -0.4 is 10.9 Å². The Bertz CT molecular complexity index is 1210. The largest absolute Gasteiger partial charge is 0.467 e. The number of benzene rings is 1. The Morgan fingerprint density at radius 2 is 2.18 bits per heavy atom. The highest BCUT2D eigenvalue weighted by atomic mass is 32.1. The number of thiophene rings is 1. The van der Waals surface area contributed by atoms with Crippen LogP contribution in [0, 0.1) is 12.7 Å². The number of carbonyl (C=O) groups excluding carboxylic acids is 1. The third kappa shape index (κ3) is 3.46. The lowest BCUT2D eigenvalue weighted by Gasteiger charge is -2.06. The molecule has 8 heteroatoms. The van der Waals surface area contributed by atoms with Crippen LogP contribution >= 0.6 is 11.3 Å². The van der Waals surface area contributed by atoms with E-state index in [4.69, 9.17) is 4.42 Å². The standard InChI is InChI=1S/C20H16FN3O3S/c1-12-16-19(28-17(12)18(25)22-9-15-6-3-7-27-15)23-11-24(20(16)26)10-13-4-2-5-14(21)8-13/h2-8,11H,9-10H2,1H3,(H,22,25). The Morgan fingerprint density at radius 3 is 2.93 bits per heavy atom. The highest BCUT2D eigenvalue weighted by Gasteiger charge is 2.19. The summed E-state index contributed by atoms with van der Waals surface area (Å²) in [6.45, 7) is 2.20. The lowest BCUT2D eigenvalue weighted by molar-refractivity contribution is 0.0951. The molecule has 28 heavy (non-hydrogen) atoms. The number of carbonyl (C=O) groups is 1. The smallest absolute Gasteiger partial charge is 0.262 e. The molecule has 4 rings (SSSR count). The molecule has 0 unspecified atom stereocenters. The molecule has 1 N–H and O–H groups in total. The third-order valence-electron chi connectivity index (χ3n) is 4.37. The molecule has 3 aromatic heterocycles. The van der Waals surface area contributed by atoms with Crippen LogP contribution in [0.2, 0.25) is 0 Å². The number of halogens is 1. The maximum absolute atomic E-state index is 13.4. The van der Waals surface area contributed by atoms with Gasteiger partial charge in [0.1, 0.15) is 16.4 Å². The third-order valence-corrected chi connectivity index (χ3v) is 5.57. The molecule has 1 aromatic carbocycles. The molecular weight excluding hydrogens is 381 g/mol. The van der Waals surface area contributed by atoms with E-state index >= 15 is 0 Å². The van der Waals surface area contributed by atoms with E-state index in [0.29, 0.717) is 32.0 Å². The van der Waals surface area contributed by atoms with Gasteiger partial charge in [0.25, 0.3) is 11.5 Å². The molecule has 4 aromatic rings. The van der Waals surface area contributed by atoms with E-state index in [0.717, 1.165) is 0 Å². The maximum Gasteiger partial charge on any atom is 0.262 e. The molecule has 1 amide bonds. The van der Waals surface area contributed by atoms with Crippen LogP contribution in [0.5, 0.6) is 0 Å². The van der Waals surface area contributed by atoms with Gasteiger partial charge in [-0.15, -0.1) is 11.3 Å². The van der Waals surface area contributed by atoms with Gasteiger partial charge in [0.2, 0.25) is 0 Å². The Labute approximate surface area is 163 Å². The van der Waals surface area contributed by atoms with Crippen LogP contribution in [-0.2, 0) is 13.1 Å². The molecule has 142 valence electrons. The number of hydrogen-bond acceptors (Lipinski definition) is 5. The van der Waals surface area contributed by atoms with Crippen molar-refractivity contribution < 1.29 is 13.6 Å². The molecular formula is C20H16FN3O3S. The SMILES string of the molecule is Cc1c(C(=O)NCc2ccco2)sc2ncn(Cc3cccc(F)c3)c(=O)c12. The molecule has 0 saturated carbocycles. The van der Waals surface area contributed by atoms with Crippen molar-refractivity contribution in [2.45, 2.75) is 20.0 Å². The lowest BCUT2D eigenvalue weighted by atomic mass is 10.2. The Balaban J connectivity index is 1.64. The quantitative estimate of drug-likeness (QED) is 0.559. The maximum atomic E-state index is 13.4. The van der Waals surface area contributed by atoms with E-state index in [1.807, 2.05) is 0 Å². The fourth-order valence-corrected chi connectivity index (χ4v) is 4.04. The van der Waals surface area contributed by atoms with Gasteiger partial charge >= 0.3 is 0 Å².